The van der Waals surface area contributed by atoms with Crippen LogP contribution in [0.2, 0.25) is 5.02 Å². The number of hydrogen-bond acceptors (Lipinski definition) is 6. The lowest BCUT2D eigenvalue weighted by molar-refractivity contribution is -0.00521. The van der Waals surface area contributed by atoms with Gasteiger partial charge in [0, 0.05) is 58.3 Å². The van der Waals surface area contributed by atoms with Gasteiger partial charge in [0.05, 0.1) is 29.7 Å². The average molecular weight is 537 g/mol. The van der Waals surface area contributed by atoms with Crippen LogP contribution in [0.25, 0.3) is 33.2 Å². The lowest BCUT2D eigenvalue weighted by Crippen LogP contribution is -2.45. The maximum absolute atomic E-state index is 11.9. The highest BCUT2D eigenvalue weighted by atomic mass is 35.5. The minimum absolute atomic E-state index is 0.179. The highest BCUT2D eigenvalue weighted by molar-refractivity contribution is 7.90. The van der Waals surface area contributed by atoms with E-state index >= 15 is 0 Å². The molecule has 1 aliphatic heterocycles. The Morgan fingerprint density at radius 2 is 1.68 bits per heavy atom. The van der Waals surface area contributed by atoms with Crippen molar-refractivity contribution in [3.63, 3.8) is 0 Å². The molecule has 37 heavy (non-hydrogen) atoms. The first-order valence-electron chi connectivity index (χ1n) is 12.1. The fraction of sp³-hybridized carbons (Fsp3) is 0.276. The first-order valence-corrected chi connectivity index (χ1v) is 14.4. The van der Waals surface area contributed by atoms with E-state index in [0.717, 1.165) is 52.1 Å². The van der Waals surface area contributed by atoms with Gasteiger partial charge in [-0.2, -0.15) is 0 Å². The number of methoxy groups -OCH3 is 1. The molecular weight excluding hydrogens is 508 g/mol. The number of anilines is 1. The highest BCUT2D eigenvalue weighted by Gasteiger charge is 2.23. The molecule has 5 rings (SSSR count). The standard InChI is InChI=1S/C29H29ClN2O4S/c1-18-16-32(17-19(2)36-18)21-10-8-20(9-11-21)26-15-31-28-24(6-5-7-25(28)29(26)35-3)23-13-12-22(14-27(23)30)37(4,33)34/h5-15,18-19H,16-17H2,1-4H3. The summed E-state index contributed by atoms with van der Waals surface area (Å²) in [6.07, 6.45) is 3.37. The molecule has 0 spiro atoms. The Balaban J connectivity index is 1.54. The van der Waals surface area contributed by atoms with Crippen molar-refractivity contribution in [2.75, 3.05) is 31.4 Å². The van der Waals surface area contributed by atoms with Crippen LogP contribution in [0.1, 0.15) is 13.8 Å². The van der Waals surface area contributed by atoms with Crippen molar-refractivity contribution < 1.29 is 17.9 Å². The van der Waals surface area contributed by atoms with E-state index in [2.05, 4.69) is 43.0 Å². The van der Waals surface area contributed by atoms with Crippen LogP contribution >= 0.6 is 11.6 Å². The average Bonchev–Trinajstić information content (AvgIpc) is 2.86. The van der Waals surface area contributed by atoms with Crippen molar-refractivity contribution in [3.8, 4) is 28.0 Å². The molecule has 1 aromatic heterocycles. The van der Waals surface area contributed by atoms with Crippen molar-refractivity contribution >= 4 is 38.0 Å². The van der Waals surface area contributed by atoms with Crippen LogP contribution in [0.15, 0.2) is 71.8 Å². The predicted molar refractivity (Wildman–Crippen MR) is 150 cm³/mol. The fourth-order valence-corrected chi connectivity index (χ4v) is 6.02. The zero-order valence-corrected chi connectivity index (χ0v) is 22.8. The number of morpholine rings is 1. The molecule has 192 valence electrons. The molecular formula is C29H29ClN2O4S. The third-order valence-electron chi connectivity index (χ3n) is 6.67. The summed E-state index contributed by atoms with van der Waals surface area (Å²) in [6, 6.07) is 19.0. The van der Waals surface area contributed by atoms with Crippen LogP contribution in [0, 0.1) is 0 Å². The molecule has 2 atom stereocenters. The van der Waals surface area contributed by atoms with E-state index < -0.39 is 9.84 Å². The summed E-state index contributed by atoms with van der Waals surface area (Å²) in [5, 5.41) is 1.20. The topological polar surface area (TPSA) is 68.7 Å². The second kappa shape index (κ2) is 9.97. The molecule has 1 fully saturated rings. The number of rotatable bonds is 5. The molecule has 0 N–H and O–H groups in total. The van der Waals surface area contributed by atoms with Crippen LogP contribution in [0.3, 0.4) is 0 Å². The largest absolute Gasteiger partial charge is 0.495 e. The molecule has 0 aliphatic carbocycles. The number of pyridine rings is 1. The minimum atomic E-state index is -3.36. The fourth-order valence-electron chi connectivity index (χ4n) is 5.03. The molecule has 0 amide bonds. The summed E-state index contributed by atoms with van der Waals surface area (Å²) in [5.41, 5.74) is 5.29. The van der Waals surface area contributed by atoms with Crippen LogP contribution in [-0.4, -0.2) is 52.1 Å². The van der Waals surface area contributed by atoms with Crippen LogP contribution in [0.5, 0.6) is 5.75 Å². The van der Waals surface area contributed by atoms with Crippen LogP contribution < -0.4 is 9.64 Å². The van der Waals surface area contributed by atoms with Gasteiger partial charge in [0.25, 0.3) is 0 Å². The SMILES string of the molecule is COc1c(-c2ccc(N3CC(C)OC(C)C3)cc2)cnc2c(-c3ccc(S(C)(=O)=O)cc3Cl)cccc12. The van der Waals surface area contributed by atoms with E-state index in [1.807, 2.05) is 24.4 Å². The third kappa shape index (κ3) is 5.04. The Kier molecular flexibility index (Phi) is 6.88. The number of sulfone groups is 1. The number of benzene rings is 3. The second-order valence-electron chi connectivity index (χ2n) is 9.53. The van der Waals surface area contributed by atoms with Crippen molar-refractivity contribution in [2.24, 2.45) is 0 Å². The quantitative estimate of drug-likeness (QED) is 0.300. The number of halogens is 1. The van der Waals surface area contributed by atoms with E-state index in [4.69, 9.17) is 26.1 Å². The molecule has 6 nitrogen and oxygen atoms in total. The van der Waals surface area contributed by atoms with Crippen LogP contribution in [0.4, 0.5) is 5.69 Å². The van der Waals surface area contributed by atoms with Crippen molar-refractivity contribution in [2.45, 2.75) is 31.0 Å². The smallest absolute Gasteiger partial charge is 0.175 e. The summed E-state index contributed by atoms with van der Waals surface area (Å²) < 4.78 is 35.7. The Hall–Kier alpha value is -3.13. The van der Waals surface area contributed by atoms with E-state index in [1.54, 1.807) is 19.2 Å². The Labute approximate surface area is 222 Å². The second-order valence-corrected chi connectivity index (χ2v) is 12.0. The lowest BCUT2D eigenvalue weighted by Gasteiger charge is -2.36. The van der Waals surface area contributed by atoms with E-state index in [-0.39, 0.29) is 17.1 Å². The molecule has 2 heterocycles. The van der Waals surface area contributed by atoms with Gasteiger partial charge in [-0.3, -0.25) is 4.98 Å². The van der Waals surface area contributed by atoms with Gasteiger partial charge in [0.1, 0.15) is 5.75 Å². The number of hydrogen-bond donors (Lipinski definition) is 0. The zero-order chi connectivity index (χ0) is 26.3. The summed E-state index contributed by atoms with van der Waals surface area (Å²) in [4.78, 5) is 7.33. The van der Waals surface area contributed by atoms with Gasteiger partial charge in [0.15, 0.2) is 9.84 Å². The van der Waals surface area contributed by atoms with Crippen molar-refractivity contribution in [3.05, 3.63) is 71.9 Å². The molecule has 3 aromatic carbocycles. The van der Waals surface area contributed by atoms with Gasteiger partial charge < -0.3 is 14.4 Å². The van der Waals surface area contributed by atoms with Crippen LogP contribution in [-0.2, 0) is 14.6 Å². The van der Waals surface area contributed by atoms with Crippen molar-refractivity contribution in [1.29, 1.82) is 0 Å². The van der Waals surface area contributed by atoms with Gasteiger partial charge in [-0.25, -0.2) is 8.42 Å². The molecule has 8 heteroatoms. The third-order valence-corrected chi connectivity index (χ3v) is 8.10. The van der Waals surface area contributed by atoms with E-state index in [0.29, 0.717) is 10.6 Å². The summed E-state index contributed by atoms with van der Waals surface area (Å²) in [7, 11) is -1.70. The van der Waals surface area contributed by atoms with Gasteiger partial charge >= 0.3 is 0 Å². The number of fused-ring (bicyclic) bond motifs is 1. The Morgan fingerprint density at radius 1 is 0.973 bits per heavy atom. The minimum Gasteiger partial charge on any atom is -0.495 e. The molecule has 2 unspecified atom stereocenters. The van der Waals surface area contributed by atoms with Gasteiger partial charge in [0.2, 0.25) is 0 Å². The van der Waals surface area contributed by atoms with Gasteiger partial charge in [-0.05, 0) is 49.7 Å². The number of nitrogens with zero attached hydrogens (tertiary/aromatic N) is 2. The predicted octanol–water partition coefficient (Wildman–Crippen LogP) is 6.25. The van der Waals surface area contributed by atoms with E-state index in [1.165, 1.54) is 12.3 Å². The molecule has 1 saturated heterocycles. The maximum Gasteiger partial charge on any atom is 0.175 e. The summed E-state index contributed by atoms with van der Waals surface area (Å²) in [5.74, 6) is 0.720. The zero-order valence-electron chi connectivity index (χ0n) is 21.2. The lowest BCUT2D eigenvalue weighted by atomic mass is 9.98. The normalized spacial score (nSPS) is 18.2. The number of para-hydroxylation sites is 1. The van der Waals surface area contributed by atoms with Gasteiger partial charge in [-0.1, -0.05) is 41.9 Å². The van der Waals surface area contributed by atoms with Gasteiger partial charge in [-0.15, -0.1) is 0 Å². The number of aromatic nitrogens is 1. The molecule has 0 bridgehead atoms. The number of ether oxygens (including phenoxy) is 2. The Morgan fingerprint density at radius 3 is 2.30 bits per heavy atom. The van der Waals surface area contributed by atoms with Crippen molar-refractivity contribution in [1.82, 2.24) is 4.98 Å². The van der Waals surface area contributed by atoms with E-state index in [9.17, 15) is 8.42 Å². The summed E-state index contributed by atoms with van der Waals surface area (Å²) in [6.45, 7) is 5.93. The molecule has 0 saturated carbocycles. The monoisotopic (exact) mass is 536 g/mol. The molecule has 0 radical (unpaired) electrons. The maximum atomic E-state index is 11.9. The highest BCUT2D eigenvalue weighted by Crippen LogP contribution is 2.41. The first kappa shape index (κ1) is 25.5. The summed E-state index contributed by atoms with van der Waals surface area (Å²) >= 11 is 6.53. The molecule has 1 aliphatic rings. The Bertz CT molecular complexity index is 1560. The first-order chi connectivity index (χ1) is 17.7. The molecule has 4 aromatic rings.